The molecule has 1 aromatic carbocycles. The Kier molecular flexibility index (Phi) is 13.1. The summed E-state index contributed by atoms with van der Waals surface area (Å²) in [4.78, 5) is 8.27. The summed E-state index contributed by atoms with van der Waals surface area (Å²) >= 11 is 0. The highest BCUT2D eigenvalue weighted by Gasteiger charge is 2.19. The van der Waals surface area contributed by atoms with Gasteiger partial charge in [0, 0.05) is 0 Å². The fraction of sp³-hybridized carbons (Fsp3) is 0.667. The topological polar surface area (TPSA) is 44.2 Å². The third-order valence-electron chi connectivity index (χ3n) is 7.21. The molecule has 1 fully saturated rings. The fourth-order valence-corrected chi connectivity index (χ4v) is 4.96. The molecule has 1 aliphatic carbocycles. The Morgan fingerprint density at radius 2 is 1.57 bits per heavy atom. The van der Waals surface area contributed by atoms with Crippen LogP contribution in [-0.4, -0.2) is 29.4 Å². The molecule has 1 atom stereocenters. The molecule has 1 aromatic heterocycles. The van der Waals surface area contributed by atoms with Gasteiger partial charge in [-0.1, -0.05) is 90.4 Å². The molecule has 1 heterocycles. The van der Waals surface area contributed by atoms with Crippen molar-refractivity contribution in [2.45, 2.75) is 109 Å². The molecular formula is C30H43F3N2O2. The predicted molar refractivity (Wildman–Crippen MR) is 142 cm³/mol. The SMILES string of the molecule is CCCCCCC(F)COc1ccc(-c2ncc(OCCCCCCCC3CCCC3)cn2)c(F)c1F. The zero-order valence-corrected chi connectivity index (χ0v) is 22.3. The van der Waals surface area contributed by atoms with Gasteiger partial charge in [-0.05, 0) is 30.9 Å². The largest absolute Gasteiger partial charge is 0.490 e. The van der Waals surface area contributed by atoms with Crippen LogP contribution < -0.4 is 9.47 Å². The summed E-state index contributed by atoms with van der Waals surface area (Å²) < 4.78 is 54.1. The first kappa shape index (κ1) is 29.2. The summed E-state index contributed by atoms with van der Waals surface area (Å²) in [5.41, 5.74) is -0.0784. The Hall–Kier alpha value is -2.31. The molecule has 0 N–H and O–H groups in total. The number of hydrogen-bond acceptors (Lipinski definition) is 4. The number of unbranched alkanes of at least 4 members (excludes halogenated alkanes) is 7. The monoisotopic (exact) mass is 520 g/mol. The fourth-order valence-electron chi connectivity index (χ4n) is 4.96. The van der Waals surface area contributed by atoms with Crippen LogP contribution >= 0.6 is 0 Å². The van der Waals surface area contributed by atoms with E-state index in [2.05, 4.69) is 16.9 Å². The van der Waals surface area contributed by atoms with Crippen LogP contribution in [0.1, 0.15) is 103 Å². The second-order valence-corrected chi connectivity index (χ2v) is 10.3. The van der Waals surface area contributed by atoms with Crippen molar-refractivity contribution in [2.75, 3.05) is 13.2 Å². The molecule has 0 saturated heterocycles. The summed E-state index contributed by atoms with van der Waals surface area (Å²) in [5.74, 6) is -1.06. The third kappa shape index (κ3) is 10.2. The maximum absolute atomic E-state index is 14.7. The van der Waals surface area contributed by atoms with Crippen LogP contribution in [-0.2, 0) is 0 Å². The van der Waals surface area contributed by atoms with Crippen molar-refractivity contribution in [1.82, 2.24) is 9.97 Å². The first-order valence-electron chi connectivity index (χ1n) is 14.3. The zero-order valence-electron chi connectivity index (χ0n) is 22.3. The quantitative estimate of drug-likeness (QED) is 0.184. The highest BCUT2D eigenvalue weighted by Crippen LogP contribution is 2.30. The molecule has 1 unspecified atom stereocenters. The van der Waals surface area contributed by atoms with Gasteiger partial charge in [0.25, 0.3) is 0 Å². The van der Waals surface area contributed by atoms with Crippen molar-refractivity contribution >= 4 is 0 Å². The van der Waals surface area contributed by atoms with E-state index in [1.165, 1.54) is 75.9 Å². The van der Waals surface area contributed by atoms with Gasteiger partial charge in [0.2, 0.25) is 5.82 Å². The Morgan fingerprint density at radius 3 is 2.32 bits per heavy atom. The van der Waals surface area contributed by atoms with Gasteiger partial charge in [-0.15, -0.1) is 0 Å². The van der Waals surface area contributed by atoms with E-state index in [0.717, 1.165) is 44.4 Å². The van der Waals surface area contributed by atoms with Crippen LogP contribution in [0.25, 0.3) is 11.4 Å². The summed E-state index contributed by atoms with van der Waals surface area (Å²) in [5, 5.41) is 0. The van der Waals surface area contributed by atoms with Crippen molar-refractivity contribution in [3.8, 4) is 22.9 Å². The number of halogens is 3. The molecule has 3 rings (SSSR count). The Balaban J connectivity index is 1.37. The molecule has 2 aromatic rings. The normalized spacial score (nSPS) is 14.7. The highest BCUT2D eigenvalue weighted by atomic mass is 19.2. The predicted octanol–water partition coefficient (Wildman–Crippen LogP) is 9.02. The minimum atomic E-state index is -1.21. The van der Waals surface area contributed by atoms with Gasteiger partial charge in [-0.25, -0.2) is 18.7 Å². The van der Waals surface area contributed by atoms with Crippen molar-refractivity contribution < 1.29 is 22.6 Å². The Morgan fingerprint density at radius 1 is 0.865 bits per heavy atom. The summed E-state index contributed by atoms with van der Waals surface area (Å²) in [7, 11) is 0. The minimum absolute atomic E-state index is 0.0526. The Labute approximate surface area is 220 Å². The van der Waals surface area contributed by atoms with Crippen molar-refractivity contribution in [3.63, 3.8) is 0 Å². The molecule has 0 radical (unpaired) electrons. The van der Waals surface area contributed by atoms with Gasteiger partial charge >= 0.3 is 0 Å². The van der Waals surface area contributed by atoms with Crippen LogP contribution in [0.5, 0.6) is 11.5 Å². The first-order valence-corrected chi connectivity index (χ1v) is 14.3. The zero-order chi connectivity index (χ0) is 26.3. The van der Waals surface area contributed by atoms with Gasteiger partial charge in [0.05, 0.1) is 24.6 Å². The van der Waals surface area contributed by atoms with Crippen LogP contribution in [0.15, 0.2) is 24.5 Å². The molecule has 1 saturated carbocycles. The van der Waals surface area contributed by atoms with E-state index in [9.17, 15) is 13.2 Å². The number of nitrogens with zero attached hydrogens (tertiary/aromatic N) is 2. The van der Waals surface area contributed by atoms with E-state index in [1.807, 2.05) is 0 Å². The van der Waals surface area contributed by atoms with E-state index in [-0.39, 0.29) is 23.7 Å². The number of benzene rings is 1. The van der Waals surface area contributed by atoms with Gasteiger partial charge in [-0.2, -0.15) is 4.39 Å². The highest BCUT2D eigenvalue weighted by molar-refractivity contribution is 5.57. The smallest absolute Gasteiger partial charge is 0.201 e. The molecule has 0 amide bonds. The lowest BCUT2D eigenvalue weighted by Crippen LogP contribution is -2.14. The maximum Gasteiger partial charge on any atom is 0.201 e. The van der Waals surface area contributed by atoms with Crippen molar-refractivity contribution in [3.05, 3.63) is 36.2 Å². The number of alkyl halides is 1. The van der Waals surface area contributed by atoms with Crippen molar-refractivity contribution in [1.29, 1.82) is 0 Å². The van der Waals surface area contributed by atoms with Gasteiger partial charge in [0.15, 0.2) is 23.1 Å². The second-order valence-electron chi connectivity index (χ2n) is 10.3. The molecule has 4 nitrogen and oxygen atoms in total. The molecule has 0 bridgehead atoms. The van der Waals surface area contributed by atoms with Crippen LogP contribution in [0, 0.1) is 17.6 Å². The standard InChI is InChI=1S/C30H43F3N2O2/c1-2-3-4-9-16-24(31)22-37-27-18-17-26(28(32)29(27)33)30-34-20-25(21-35-30)36-19-12-7-5-6-8-13-23-14-10-11-15-23/h17-18,20-21,23-24H,2-16,19,22H2,1H3. The maximum atomic E-state index is 14.7. The molecular weight excluding hydrogens is 477 g/mol. The number of hydrogen-bond donors (Lipinski definition) is 0. The third-order valence-corrected chi connectivity index (χ3v) is 7.21. The van der Waals surface area contributed by atoms with Crippen LogP contribution in [0.4, 0.5) is 13.2 Å². The van der Waals surface area contributed by atoms with E-state index in [0.29, 0.717) is 18.8 Å². The number of aromatic nitrogens is 2. The van der Waals surface area contributed by atoms with Gasteiger partial charge < -0.3 is 9.47 Å². The average Bonchev–Trinajstić information content (AvgIpc) is 3.43. The molecule has 1 aliphatic rings. The molecule has 0 spiro atoms. The van der Waals surface area contributed by atoms with E-state index in [4.69, 9.17) is 9.47 Å². The lowest BCUT2D eigenvalue weighted by atomic mass is 9.99. The lowest BCUT2D eigenvalue weighted by Gasteiger charge is -2.12. The van der Waals surface area contributed by atoms with E-state index < -0.39 is 17.8 Å². The molecule has 7 heteroatoms. The lowest BCUT2D eigenvalue weighted by molar-refractivity contribution is 0.177. The second kappa shape index (κ2) is 16.5. The molecule has 206 valence electrons. The summed E-state index contributed by atoms with van der Waals surface area (Å²) in [6.45, 7) is 2.37. The van der Waals surface area contributed by atoms with Gasteiger partial charge in [0.1, 0.15) is 12.8 Å². The number of rotatable bonds is 18. The average molecular weight is 521 g/mol. The first-order chi connectivity index (χ1) is 18.1. The Bertz CT molecular complexity index is 904. The molecule has 0 aliphatic heterocycles. The van der Waals surface area contributed by atoms with Crippen molar-refractivity contribution in [2.24, 2.45) is 5.92 Å². The van der Waals surface area contributed by atoms with E-state index in [1.54, 1.807) is 0 Å². The number of ether oxygens (including phenoxy) is 2. The van der Waals surface area contributed by atoms with Crippen LogP contribution in [0.2, 0.25) is 0 Å². The molecule has 37 heavy (non-hydrogen) atoms. The van der Waals surface area contributed by atoms with Gasteiger partial charge in [-0.3, -0.25) is 0 Å². The summed E-state index contributed by atoms with van der Waals surface area (Å²) in [6.07, 6.45) is 18.9. The van der Waals surface area contributed by atoms with E-state index >= 15 is 0 Å². The van der Waals surface area contributed by atoms with Crippen LogP contribution in [0.3, 0.4) is 0 Å². The summed E-state index contributed by atoms with van der Waals surface area (Å²) in [6, 6.07) is 2.64. The minimum Gasteiger partial charge on any atom is -0.490 e.